The highest BCUT2D eigenvalue weighted by Gasteiger charge is 2.22. The van der Waals surface area contributed by atoms with Crippen molar-refractivity contribution in [1.29, 1.82) is 0 Å². The average Bonchev–Trinajstić information content (AvgIpc) is 2.46. The van der Waals surface area contributed by atoms with Crippen LogP contribution in [-0.4, -0.2) is 18.2 Å². The molecule has 0 radical (unpaired) electrons. The lowest BCUT2D eigenvalue weighted by Crippen LogP contribution is -2.19. The summed E-state index contributed by atoms with van der Waals surface area (Å²) in [6.07, 6.45) is 2.28. The molecule has 0 saturated carbocycles. The summed E-state index contributed by atoms with van der Waals surface area (Å²) in [5.74, 6) is 0.757. The van der Waals surface area contributed by atoms with Gasteiger partial charge in [0.2, 0.25) is 0 Å². The normalized spacial score (nSPS) is 17.4. The zero-order chi connectivity index (χ0) is 13.1. The van der Waals surface area contributed by atoms with Gasteiger partial charge in [-0.1, -0.05) is 18.2 Å². The molecular weight excluding hydrogens is 245 g/mol. The van der Waals surface area contributed by atoms with Crippen molar-refractivity contribution in [3.8, 4) is 11.5 Å². The van der Waals surface area contributed by atoms with Crippen molar-refractivity contribution >= 4 is 0 Å². The summed E-state index contributed by atoms with van der Waals surface area (Å²) >= 11 is 0. The third-order valence-electron chi connectivity index (χ3n) is 3.25. The maximum absolute atomic E-state index is 13.4. The SMILES string of the molecule is Fc1ncccc1OCC1CCOc2ccccc21. The lowest BCUT2D eigenvalue weighted by molar-refractivity contribution is 0.212. The van der Waals surface area contributed by atoms with Gasteiger partial charge in [0.05, 0.1) is 13.2 Å². The summed E-state index contributed by atoms with van der Waals surface area (Å²) in [5.41, 5.74) is 1.12. The fraction of sp³-hybridized carbons (Fsp3) is 0.267. The molecule has 3 rings (SSSR count). The van der Waals surface area contributed by atoms with Crippen LogP contribution >= 0.6 is 0 Å². The molecule has 1 unspecified atom stereocenters. The fourth-order valence-corrected chi connectivity index (χ4v) is 2.26. The van der Waals surface area contributed by atoms with Crippen molar-refractivity contribution in [2.75, 3.05) is 13.2 Å². The number of nitrogens with zero attached hydrogens (tertiary/aromatic N) is 1. The highest BCUT2D eigenvalue weighted by Crippen LogP contribution is 2.33. The zero-order valence-electron chi connectivity index (χ0n) is 10.4. The molecule has 1 atom stereocenters. The van der Waals surface area contributed by atoms with Gasteiger partial charge in [-0.25, -0.2) is 4.98 Å². The predicted molar refractivity (Wildman–Crippen MR) is 69.0 cm³/mol. The maximum Gasteiger partial charge on any atom is 0.255 e. The number of halogens is 1. The summed E-state index contributed by atoms with van der Waals surface area (Å²) in [7, 11) is 0. The standard InChI is InChI=1S/C15H14FNO2/c16-15-14(6-3-8-17-15)19-10-11-7-9-18-13-5-2-1-4-12(11)13/h1-6,8,11H,7,9-10H2. The molecular formula is C15H14FNO2. The first-order chi connectivity index (χ1) is 9.34. The van der Waals surface area contributed by atoms with Gasteiger partial charge in [-0.15, -0.1) is 0 Å². The molecule has 1 aromatic carbocycles. The molecule has 0 aliphatic carbocycles. The van der Waals surface area contributed by atoms with Gasteiger partial charge >= 0.3 is 0 Å². The number of rotatable bonds is 3. The minimum Gasteiger partial charge on any atom is -0.493 e. The monoisotopic (exact) mass is 259 g/mol. The van der Waals surface area contributed by atoms with E-state index in [2.05, 4.69) is 4.98 Å². The summed E-state index contributed by atoms with van der Waals surface area (Å²) in [6, 6.07) is 11.2. The summed E-state index contributed by atoms with van der Waals surface area (Å²) in [4.78, 5) is 3.57. The molecule has 98 valence electrons. The Morgan fingerprint density at radius 1 is 1.26 bits per heavy atom. The van der Waals surface area contributed by atoms with Crippen molar-refractivity contribution in [2.24, 2.45) is 0 Å². The second kappa shape index (κ2) is 5.26. The van der Waals surface area contributed by atoms with Crippen LogP contribution in [0.2, 0.25) is 0 Å². The number of pyridine rings is 1. The van der Waals surface area contributed by atoms with Crippen LogP contribution in [0, 0.1) is 5.95 Å². The second-order valence-corrected chi connectivity index (χ2v) is 4.48. The molecule has 2 heterocycles. The molecule has 0 N–H and O–H groups in total. The second-order valence-electron chi connectivity index (χ2n) is 4.48. The van der Waals surface area contributed by atoms with Gasteiger partial charge in [-0.3, -0.25) is 0 Å². The van der Waals surface area contributed by atoms with Gasteiger partial charge in [0.15, 0.2) is 5.75 Å². The minimum atomic E-state index is -0.567. The largest absolute Gasteiger partial charge is 0.493 e. The third-order valence-corrected chi connectivity index (χ3v) is 3.25. The number of hydrogen-bond donors (Lipinski definition) is 0. The van der Waals surface area contributed by atoms with E-state index in [1.54, 1.807) is 12.1 Å². The molecule has 3 nitrogen and oxygen atoms in total. The van der Waals surface area contributed by atoms with E-state index in [0.29, 0.717) is 13.2 Å². The first kappa shape index (κ1) is 12.0. The Morgan fingerprint density at radius 3 is 3.05 bits per heavy atom. The molecule has 0 bridgehead atoms. The quantitative estimate of drug-likeness (QED) is 0.793. The van der Waals surface area contributed by atoms with Crippen LogP contribution in [0.5, 0.6) is 11.5 Å². The number of fused-ring (bicyclic) bond motifs is 1. The topological polar surface area (TPSA) is 31.4 Å². The highest BCUT2D eigenvalue weighted by atomic mass is 19.1. The van der Waals surface area contributed by atoms with Gasteiger partial charge in [-0.05, 0) is 24.6 Å². The van der Waals surface area contributed by atoms with E-state index >= 15 is 0 Å². The van der Waals surface area contributed by atoms with Gasteiger partial charge in [0, 0.05) is 17.7 Å². The molecule has 2 aromatic rings. The van der Waals surface area contributed by atoms with Crippen molar-refractivity contribution in [2.45, 2.75) is 12.3 Å². The molecule has 4 heteroatoms. The fourth-order valence-electron chi connectivity index (χ4n) is 2.26. The summed E-state index contributed by atoms with van der Waals surface area (Å²) < 4.78 is 24.5. The van der Waals surface area contributed by atoms with Gasteiger partial charge < -0.3 is 9.47 Å². The maximum atomic E-state index is 13.4. The Bertz CT molecular complexity index is 574. The Hall–Kier alpha value is -2.10. The third kappa shape index (κ3) is 2.52. The number of aromatic nitrogens is 1. The Balaban J connectivity index is 1.73. The van der Waals surface area contributed by atoms with Crippen molar-refractivity contribution < 1.29 is 13.9 Å². The molecule has 1 aliphatic heterocycles. The Morgan fingerprint density at radius 2 is 2.16 bits per heavy atom. The lowest BCUT2D eigenvalue weighted by atomic mass is 9.94. The zero-order valence-corrected chi connectivity index (χ0v) is 10.4. The van der Waals surface area contributed by atoms with Crippen molar-refractivity contribution in [3.63, 3.8) is 0 Å². The van der Waals surface area contributed by atoms with Crippen molar-refractivity contribution in [3.05, 3.63) is 54.1 Å². The number of benzene rings is 1. The molecule has 1 aliphatic rings. The number of para-hydroxylation sites is 1. The molecule has 0 amide bonds. The van der Waals surface area contributed by atoms with E-state index in [4.69, 9.17) is 9.47 Å². The van der Waals surface area contributed by atoms with E-state index in [1.807, 2.05) is 24.3 Å². The lowest BCUT2D eigenvalue weighted by Gasteiger charge is -2.25. The van der Waals surface area contributed by atoms with E-state index in [0.717, 1.165) is 17.7 Å². The Labute approximate surface area is 111 Å². The van der Waals surface area contributed by atoms with Gasteiger partial charge in [0.25, 0.3) is 5.95 Å². The minimum absolute atomic E-state index is 0.200. The molecule has 19 heavy (non-hydrogen) atoms. The van der Waals surface area contributed by atoms with E-state index in [1.165, 1.54) is 6.20 Å². The van der Waals surface area contributed by atoms with Crippen molar-refractivity contribution in [1.82, 2.24) is 4.98 Å². The first-order valence-electron chi connectivity index (χ1n) is 6.29. The van der Waals surface area contributed by atoms with Gasteiger partial charge in [-0.2, -0.15) is 4.39 Å². The van der Waals surface area contributed by atoms with Crippen LogP contribution < -0.4 is 9.47 Å². The van der Waals surface area contributed by atoms with Crippen LogP contribution in [0.4, 0.5) is 4.39 Å². The van der Waals surface area contributed by atoms with E-state index in [-0.39, 0.29) is 11.7 Å². The molecule has 1 aromatic heterocycles. The average molecular weight is 259 g/mol. The number of hydrogen-bond acceptors (Lipinski definition) is 3. The van der Waals surface area contributed by atoms with Crippen LogP contribution in [0.3, 0.4) is 0 Å². The van der Waals surface area contributed by atoms with E-state index < -0.39 is 5.95 Å². The van der Waals surface area contributed by atoms with Gasteiger partial charge in [0.1, 0.15) is 5.75 Å². The summed E-state index contributed by atoms with van der Waals surface area (Å²) in [6.45, 7) is 1.10. The van der Waals surface area contributed by atoms with E-state index in [9.17, 15) is 4.39 Å². The van der Waals surface area contributed by atoms with Crippen LogP contribution in [0.15, 0.2) is 42.6 Å². The first-order valence-corrected chi connectivity index (χ1v) is 6.29. The molecule has 0 spiro atoms. The summed E-state index contributed by atoms with van der Waals surface area (Å²) in [5, 5.41) is 0. The van der Waals surface area contributed by atoms with Crippen LogP contribution in [-0.2, 0) is 0 Å². The number of ether oxygens (including phenoxy) is 2. The predicted octanol–water partition coefficient (Wildman–Crippen LogP) is 3.17. The Kier molecular flexibility index (Phi) is 3.31. The van der Waals surface area contributed by atoms with Crippen LogP contribution in [0.25, 0.3) is 0 Å². The highest BCUT2D eigenvalue weighted by molar-refractivity contribution is 5.38. The van der Waals surface area contributed by atoms with Crippen LogP contribution in [0.1, 0.15) is 17.9 Å². The molecule has 0 fully saturated rings. The molecule has 0 saturated heterocycles. The smallest absolute Gasteiger partial charge is 0.255 e.